The molecule has 16 heavy (non-hydrogen) atoms. The second-order valence-corrected chi connectivity index (χ2v) is 4.02. The molecule has 1 aromatic heterocycles. The zero-order valence-electron chi connectivity index (χ0n) is 8.35. The number of nitrogens with zero attached hydrogens (tertiary/aromatic N) is 1. The van der Waals surface area contributed by atoms with Crippen LogP contribution in [-0.2, 0) is 4.74 Å². The number of aliphatic hydroxyl groups excluding tert-OH is 1. The molecule has 1 aliphatic heterocycles. The number of aromatic nitrogens is 2. The Morgan fingerprint density at radius 3 is 2.94 bits per heavy atom. The van der Waals surface area contributed by atoms with Crippen molar-refractivity contribution in [2.24, 2.45) is 0 Å². The number of aromatic amines is 1. The fourth-order valence-electron chi connectivity index (χ4n) is 1.70. The smallest absolute Gasteiger partial charge is 0.330 e. The van der Waals surface area contributed by atoms with E-state index in [1.165, 1.54) is 10.8 Å². The Hall–Kier alpha value is -1.11. The lowest BCUT2D eigenvalue weighted by atomic mass is 10.2. The van der Waals surface area contributed by atoms with Gasteiger partial charge in [-0.3, -0.25) is 14.3 Å². The van der Waals surface area contributed by atoms with E-state index in [1.807, 2.05) is 0 Å². The maximum Gasteiger partial charge on any atom is 0.330 e. The molecule has 1 aliphatic rings. The number of halogens is 1. The average Bonchev–Trinajstić information content (AvgIpc) is 2.71. The molecule has 0 spiro atoms. The van der Waals surface area contributed by atoms with E-state index in [9.17, 15) is 9.59 Å². The van der Waals surface area contributed by atoms with Crippen molar-refractivity contribution in [1.82, 2.24) is 9.55 Å². The van der Waals surface area contributed by atoms with Crippen LogP contribution in [0.2, 0.25) is 5.02 Å². The predicted molar refractivity (Wildman–Crippen MR) is 56.6 cm³/mol. The summed E-state index contributed by atoms with van der Waals surface area (Å²) in [4.78, 5) is 24.6. The summed E-state index contributed by atoms with van der Waals surface area (Å²) in [6.45, 7) is -0.0810. The number of aliphatic hydroxyl groups is 1. The first-order valence-electron chi connectivity index (χ1n) is 4.89. The lowest BCUT2D eigenvalue weighted by Crippen LogP contribution is -2.32. The lowest BCUT2D eigenvalue weighted by Gasteiger charge is -2.14. The highest BCUT2D eigenvalue weighted by Crippen LogP contribution is 2.26. The van der Waals surface area contributed by atoms with Gasteiger partial charge in [0.1, 0.15) is 11.3 Å². The lowest BCUT2D eigenvalue weighted by molar-refractivity contribution is -0.0246. The Kier molecular flexibility index (Phi) is 3.13. The zero-order chi connectivity index (χ0) is 11.7. The highest BCUT2D eigenvalue weighted by atomic mass is 35.5. The summed E-state index contributed by atoms with van der Waals surface area (Å²) in [6.07, 6.45) is 1.80. The molecule has 1 fully saturated rings. The Labute approximate surface area is 95.4 Å². The van der Waals surface area contributed by atoms with Gasteiger partial charge in [-0.05, 0) is 12.8 Å². The highest BCUT2D eigenvalue weighted by Gasteiger charge is 2.26. The molecule has 0 saturated carbocycles. The standard InChI is InChI=1S/C9H11ClN2O4/c10-6-3-12(9(15)11-8(6)14)7-2-1-5(4-13)16-7/h3,5,7,13H,1-2,4H2,(H,11,14,15)/t5-,7+/m0/s1. The Morgan fingerprint density at radius 2 is 2.31 bits per heavy atom. The number of hydrogen-bond donors (Lipinski definition) is 2. The molecule has 1 aromatic rings. The maximum absolute atomic E-state index is 11.5. The third-order valence-corrected chi connectivity index (χ3v) is 2.79. The van der Waals surface area contributed by atoms with Crippen molar-refractivity contribution < 1.29 is 9.84 Å². The Morgan fingerprint density at radius 1 is 1.56 bits per heavy atom. The molecule has 0 radical (unpaired) electrons. The van der Waals surface area contributed by atoms with Crippen LogP contribution in [0.4, 0.5) is 0 Å². The summed E-state index contributed by atoms with van der Waals surface area (Å²) in [7, 11) is 0. The normalized spacial score (nSPS) is 24.9. The molecule has 0 aromatic carbocycles. The highest BCUT2D eigenvalue weighted by molar-refractivity contribution is 6.30. The first-order chi connectivity index (χ1) is 7.61. The van der Waals surface area contributed by atoms with Crippen molar-refractivity contribution in [1.29, 1.82) is 0 Å². The molecule has 88 valence electrons. The molecule has 2 atom stereocenters. The summed E-state index contributed by atoms with van der Waals surface area (Å²) < 4.78 is 6.64. The molecule has 2 N–H and O–H groups in total. The molecule has 2 heterocycles. The molecule has 0 aliphatic carbocycles. The quantitative estimate of drug-likeness (QED) is 0.761. The third-order valence-electron chi connectivity index (χ3n) is 2.52. The van der Waals surface area contributed by atoms with E-state index < -0.39 is 17.5 Å². The van der Waals surface area contributed by atoms with E-state index >= 15 is 0 Å². The van der Waals surface area contributed by atoms with Gasteiger partial charge in [0.25, 0.3) is 5.56 Å². The average molecular weight is 247 g/mol. The molecule has 0 bridgehead atoms. The number of ether oxygens (including phenoxy) is 1. The Balaban J connectivity index is 2.32. The van der Waals surface area contributed by atoms with E-state index in [1.54, 1.807) is 0 Å². The zero-order valence-corrected chi connectivity index (χ0v) is 9.11. The van der Waals surface area contributed by atoms with E-state index in [4.69, 9.17) is 21.4 Å². The maximum atomic E-state index is 11.5. The number of nitrogens with one attached hydrogen (secondary N) is 1. The summed E-state index contributed by atoms with van der Waals surface area (Å²) in [5.41, 5.74) is -1.17. The summed E-state index contributed by atoms with van der Waals surface area (Å²) in [6, 6.07) is 0. The van der Waals surface area contributed by atoms with Gasteiger partial charge < -0.3 is 9.84 Å². The van der Waals surface area contributed by atoms with Crippen LogP contribution in [0.25, 0.3) is 0 Å². The van der Waals surface area contributed by atoms with E-state index in [0.29, 0.717) is 12.8 Å². The summed E-state index contributed by atoms with van der Waals surface area (Å²) in [5, 5.41) is 8.84. The van der Waals surface area contributed by atoms with Gasteiger partial charge >= 0.3 is 5.69 Å². The molecule has 1 saturated heterocycles. The number of hydrogen-bond acceptors (Lipinski definition) is 4. The first-order valence-corrected chi connectivity index (χ1v) is 5.27. The van der Waals surface area contributed by atoms with Gasteiger partial charge in [-0.1, -0.05) is 11.6 Å². The topological polar surface area (TPSA) is 84.3 Å². The van der Waals surface area contributed by atoms with Gasteiger partial charge in [0.05, 0.1) is 12.7 Å². The minimum absolute atomic E-state index is 0.0596. The van der Waals surface area contributed by atoms with Crippen LogP contribution in [0.15, 0.2) is 15.8 Å². The van der Waals surface area contributed by atoms with E-state index in [0.717, 1.165) is 0 Å². The van der Waals surface area contributed by atoms with Gasteiger partial charge in [-0.15, -0.1) is 0 Å². The van der Waals surface area contributed by atoms with E-state index in [2.05, 4.69) is 4.98 Å². The molecule has 6 nitrogen and oxygen atoms in total. The van der Waals surface area contributed by atoms with Gasteiger partial charge in [0, 0.05) is 6.20 Å². The van der Waals surface area contributed by atoms with Crippen LogP contribution < -0.4 is 11.2 Å². The minimum atomic E-state index is -0.611. The van der Waals surface area contributed by atoms with E-state index in [-0.39, 0.29) is 17.7 Å². The molecule has 0 unspecified atom stereocenters. The SMILES string of the molecule is O=c1[nH]c(=O)n([C@H]2CC[C@@H](CO)O2)cc1Cl. The molecule has 7 heteroatoms. The van der Waals surface area contributed by atoms with Crippen molar-refractivity contribution in [2.45, 2.75) is 25.2 Å². The predicted octanol–water partition coefficient (Wildman–Crippen LogP) is -0.140. The fraction of sp³-hybridized carbons (Fsp3) is 0.556. The number of H-pyrrole nitrogens is 1. The van der Waals surface area contributed by atoms with Crippen LogP contribution in [0.5, 0.6) is 0 Å². The van der Waals surface area contributed by atoms with Gasteiger partial charge in [0.2, 0.25) is 0 Å². The molecule has 0 amide bonds. The Bertz CT molecular complexity index is 495. The van der Waals surface area contributed by atoms with Crippen molar-refractivity contribution in [3.05, 3.63) is 32.1 Å². The van der Waals surface area contributed by atoms with Crippen molar-refractivity contribution in [3.63, 3.8) is 0 Å². The van der Waals surface area contributed by atoms with Gasteiger partial charge in [-0.25, -0.2) is 4.79 Å². The van der Waals surface area contributed by atoms with Crippen molar-refractivity contribution >= 4 is 11.6 Å². The van der Waals surface area contributed by atoms with Crippen molar-refractivity contribution in [3.8, 4) is 0 Å². The summed E-state index contributed by atoms with van der Waals surface area (Å²) in [5.74, 6) is 0. The van der Waals surface area contributed by atoms with Crippen LogP contribution in [0, 0.1) is 0 Å². The van der Waals surface area contributed by atoms with Crippen LogP contribution in [0.3, 0.4) is 0 Å². The second kappa shape index (κ2) is 4.40. The van der Waals surface area contributed by atoms with Crippen LogP contribution in [-0.4, -0.2) is 27.4 Å². The molecular weight excluding hydrogens is 236 g/mol. The van der Waals surface area contributed by atoms with Gasteiger partial charge in [0.15, 0.2) is 0 Å². The third kappa shape index (κ3) is 2.04. The van der Waals surface area contributed by atoms with Crippen LogP contribution >= 0.6 is 11.6 Å². The monoisotopic (exact) mass is 246 g/mol. The van der Waals surface area contributed by atoms with Crippen molar-refractivity contribution in [2.75, 3.05) is 6.61 Å². The van der Waals surface area contributed by atoms with Gasteiger partial charge in [-0.2, -0.15) is 0 Å². The molecule has 2 rings (SSSR count). The minimum Gasteiger partial charge on any atom is -0.394 e. The largest absolute Gasteiger partial charge is 0.394 e. The first kappa shape index (κ1) is 11.4. The summed E-state index contributed by atoms with van der Waals surface area (Å²) >= 11 is 5.63. The van der Waals surface area contributed by atoms with Crippen LogP contribution in [0.1, 0.15) is 19.1 Å². The fourth-order valence-corrected chi connectivity index (χ4v) is 1.85. The second-order valence-electron chi connectivity index (χ2n) is 3.62. The molecular formula is C9H11ClN2O4. The number of rotatable bonds is 2.